The Labute approximate surface area is 112 Å². The number of nitrogens with zero attached hydrogens (tertiary/aromatic N) is 1. The van der Waals surface area contributed by atoms with Crippen LogP contribution in [0.2, 0.25) is 0 Å². The van der Waals surface area contributed by atoms with E-state index in [1.807, 2.05) is 0 Å². The monoisotopic (exact) mass is 281 g/mol. The lowest BCUT2D eigenvalue weighted by molar-refractivity contribution is -0.141. The van der Waals surface area contributed by atoms with E-state index in [0.29, 0.717) is 11.3 Å². The first-order chi connectivity index (χ1) is 9.36. The van der Waals surface area contributed by atoms with E-state index in [1.165, 1.54) is 6.07 Å². The molecular weight excluding hydrogens is 271 g/mol. The van der Waals surface area contributed by atoms with Gasteiger partial charge in [0.2, 0.25) is 0 Å². The molecule has 0 aliphatic carbocycles. The largest absolute Gasteiger partial charge is 0.433 e. The molecule has 3 N–H and O–H groups in total. The normalized spacial score (nSPS) is 11.2. The Morgan fingerprint density at radius 3 is 2.50 bits per heavy atom. The first kappa shape index (κ1) is 13.9. The van der Waals surface area contributed by atoms with Gasteiger partial charge in [-0.3, -0.25) is 4.79 Å². The van der Waals surface area contributed by atoms with E-state index >= 15 is 0 Å². The minimum absolute atomic E-state index is 0.172. The van der Waals surface area contributed by atoms with Crippen molar-refractivity contribution in [1.29, 1.82) is 0 Å². The molecule has 1 aromatic heterocycles. The van der Waals surface area contributed by atoms with Gasteiger partial charge in [0.05, 0.1) is 11.9 Å². The molecule has 1 aromatic carbocycles. The minimum atomic E-state index is -4.50. The molecule has 4 nitrogen and oxygen atoms in total. The summed E-state index contributed by atoms with van der Waals surface area (Å²) in [4.78, 5) is 15.1. The number of anilines is 2. The number of amides is 1. The van der Waals surface area contributed by atoms with Crippen LogP contribution < -0.4 is 11.1 Å². The maximum Gasteiger partial charge on any atom is 0.433 e. The first-order valence-electron chi connectivity index (χ1n) is 5.56. The van der Waals surface area contributed by atoms with Crippen LogP contribution in [0.15, 0.2) is 42.6 Å². The number of rotatable bonds is 2. The standard InChI is InChI=1S/C13H10F3N3O/c14-13(15,16)11-5-4-10(7-18-11)19-12(20)8-2-1-3-9(17)6-8/h1-7H,17H2,(H,19,20). The van der Waals surface area contributed by atoms with Gasteiger partial charge < -0.3 is 11.1 Å². The molecule has 0 unspecified atom stereocenters. The zero-order valence-electron chi connectivity index (χ0n) is 10.1. The summed E-state index contributed by atoms with van der Waals surface area (Å²) >= 11 is 0. The van der Waals surface area contributed by atoms with Crippen molar-refractivity contribution in [2.45, 2.75) is 6.18 Å². The molecule has 0 bridgehead atoms. The third-order valence-electron chi connectivity index (χ3n) is 2.46. The molecule has 0 aliphatic heterocycles. The number of pyridine rings is 1. The summed E-state index contributed by atoms with van der Waals surface area (Å²) in [5.74, 6) is -0.473. The molecule has 0 spiro atoms. The Bertz CT molecular complexity index is 624. The van der Waals surface area contributed by atoms with Gasteiger partial charge in [-0.15, -0.1) is 0 Å². The second-order valence-electron chi connectivity index (χ2n) is 4.01. The number of benzene rings is 1. The van der Waals surface area contributed by atoms with Crippen molar-refractivity contribution in [1.82, 2.24) is 4.98 Å². The van der Waals surface area contributed by atoms with Crippen LogP contribution in [-0.2, 0) is 6.18 Å². The molecule has 20 heavy (non-hydrogen) atoms. The van der Waals surface area contributed by atoms with Crippen LogP contribution in [0.5, 0.6) is 0 Å². The lowest BCUT2D eigenvalue weighted by Gasteiger charge is -2.08. The number of nitrogen functional groups attached to an aromatic ring is 1. The second-order valence-corrected chi connectivity index (χ2v) is 4.01. The number of nitrogens with one attached hydrogen (secondary N) is 1. The fraction of sp³-hybridized carbons (Fsp3) is 0.0769. The van der Waals surface area contributed by atoms with Crippen molar-refractivity contribution in [2.24, 2.45) is 0 Å². The Morgan fingerprint density at radius 1 is 1.20 bits per heavy atom. The lowest BCUT2D eigenvalue weighted by Crippen LogP contribution is -2.13. The summed E-state index contributed by atoms with van der Waals surface area (Å²) < 4.78 is 37.0. The summed E-state index contributed by atoms with van der Waals surface area (Å²) in [6.45, 7) is 0. The van der Waals surface area contributed by atoms with Crippen molar-refractivity contribution < 1.29 is 18.0 Å². The third kappa shape index (κ3) is 3.25. The summed E-state index contributed by atoms with van der Waals surface area (Å²) in [6, 6.07) is 8.18. The molecule has 104 valence electrons. The quantitative estimate of drug-likeness (QED) is 0.832. The average Bonchev–Trinajstić information content (AvgIpc) is 2.38. The third-order valence-corrected chi connectivity index (χ3v) is 2.46. The van der Waals surface area contributed by atoms with Crippen molar-refractivity contribution in [3.63, 3.8) is 0 Å². The maximum atomic E-state index is 12.3. The van der Waals surface area contributed by atoms with Crippen LogP contribution >= 0.6 is 0 Å². The number of carbonyl (C=O) groups excluding carboxylic acids is 1. The lowest BCUT2D eigenvalue weighted by atomic mass is 10.2. The molecule has 0 aliphatic rings. The molecule has 0 radical (unpaired) electrons. The van der Waals surface area contributed by atoms with Crippen LogP contribution in [0.1, 0.15) is 16.1 Å². The highest BCUT2D eigenvalue weighted by Gasteiger charge is 2.32. The number of nitrogens with two attached hydrogens (primary N) is 1. The highest BCUT2D eigenvalue weighted by atomic mass is 19.4. The highest BCUT2D eigenvalue weighted by Crippen LogP contribution is 2.27. The van der Waals surface area contributed by atoms with Gasteiger partial charge in [-0.05, 0) is 30.3 Å². The topological polar surface area (TPSA) is 68.0 Å². The number of aromatic nitrogens is 1. The van der Waals surface area contributed by atoms with Crippen molar-refractivity contribution in [3.05, 3.63) is 53.9 Å². The fourth-order valence-corrected chi connectivity index (χ4v) is 1.52. The number of hydrogen-bond donors (Lipinski definition) is 2. The number of carbonyl (C=O) groups is 1. The first-order valence-corrected chi connectivity index (χ1v) is 5.56. The van der Waals surface area contributed by atoms with Gasteiger partial charge in [-0.1, -0.05) is 6.07 Å². The van der Waals surface area contributed by atoms with E-state index in [4.69, 9.17) is 5.73 Å². The summed E-state index contributed by atoms with van der Waals surface area (Å²) in [6.07, 6.45) is -3.55. The van der Waals surface area contributed by atoms with Gasteiger partial charge in [0, 0.05) is 11.3 Å². The van der Waals surface area contributed by atoms with Crippen molar-refractivity contribution in [3.8, 4) is 0 Å². The number of alkyl halides is 3. The van der Waals surface area contributed by atoms with Crippen LogP contribution in [0, 0.1) is 0 Å². The van der Waals surface area contributed by atoms with Crippen LogP contribution in [0.3, 0.4) is 0 Å². The van der Waals surface area contributed by atoms with E-state index in [-0.39, 0.29) is 5.69 Å². The smallest absolute Gasteiger partial charge is 0.399 e. The van der Waals surface area contributed by atoms with Crippen molar-refractivity contribution >= 4 is 17.3 Å². The SMILES string of the molecule is Nc1cccc(C(=O)Nc2ccc(C(F)(F)F)nc2)c1. The van der Waals surface area contributed by atoms with E-state index in [9.17, 15) is 18.0 Å². The van der Waals surface area contributed by atoms with E-state index in [1.54, 1.807) is 18.2 Å². The zero-order valence-corrected chi connectivity index (χ0v) is 10.1. The Morgan fingerprint density at radius 2 is 1.95 bits per heavy atom. The molecular formula is C13H10F3N3O. The van der Waals surface area contributed by atoms with Gasteiger partial charge in [0.25, 0.3) is 5.91 Å². The van der Waals surface area contributed by atoms with Gasteiger partial charge >= 0.3 is 6.18 Å². The highest BCUT2D eigenvalue weighted by molar-refractivity contribution is 6.04. The molecule has 0 fully saturated rings. The minimum Gasteiger partial charge on any atom is -0.399 e. The molecule has 2 rings (SSSR count). The molecule has 1 amide bonds. The molecule has 0 saturated carbocycles. The van der Waals surface area contributed by atoms with Gasteiger partial charge in [0.15, 0.2) is 0 Å². The van der Waals surface area contributed by atoms with Gasteiger partial charge in [0.1, 0.15) is 5.69 Å². The summed E-state index contributed by atoms with van der Waals surface area (Å²) in [5, 5.41) is 2.44. The van der Waals surface area contributed by atoms with Gasteiger partial charge in [-0.2, -0.15) is 13.2 Å². The van der Waals surface area contributed by atoms with Crippen LogP contribution in [0.25, 0.3) is 0 Å². The number of halogens is 3. The average molecular weight is 281 g/mol. The summed E-state index contributed by atoms with van der Waals surface area (Å²) in [7, 11) is 0. The van der Waals surface area contributed by atoms with Gasteiger partial charge in [-0.25, -0.2) is 4.98 Å². The Balaban J connectivity index is 2.12. The van der Waals surface area contributed by atoms with Crippen LogP contribution in [-0.4, -0.2) is 10.9 Å². The van der Waals surface area contributed by atoms with Crippen molar-refractivity contribution in [2.75, 3.05) is 11.1 Å². The van der Waals surface area contributed by atoms with E-state index < -0.39 is 17.8 Å². The predicted molar refractivity (Wildman–Crippen MR) is 68.0 cm³/mol. The predicted octanol–water partition coefficient (Wildman–Crippen LogP) is 2.93. The molecule has 0 atom stereocenters. The maximum absolute atomic E-state index is 12.3. The molecule has 0 saturated heterocycles. The fourth-order valence-electron chi connectivity index (χ4n) is 1.52. The van der Waals surface area contributed by atoms with Crippen LogP contribution in [0.4, 0.5) is 24.5 Å². The number of hydrogen-bond acceptors (Lipinski definition) is 3. The van der Waals surface area contributed by atoms with E-state index in [2.05, 4.69) is 10.3 Å². The Hall–Kier alpha value is -2.57. The van der Waals surface area contributed by atoms with E-state index in [0.717, 1.165) is 18.3 Å². The molecule has 2 aromatic rings. The second kappa shape index (κ2) is 5.20. The molecule has 1 heterocycles. The Kier molecular flexibility index (Phi) is 3.60. The molecule has 7 heteroatoms. The summed E-state index contributed by atoms with van der Waals surface area (Å²) in [5.41, 5.74) is 5.43. The zero-order chi connectivity index (χ0) is 14.8.